The number of rotatable bonds is 7. The van der Waals surface area contributed by atoms with Crippen LogP contribution in [0.15, 0.2) is 108 Å². The van der Waals surface area contributed by atoms with E-state index in [1.807, 2.05) is 77.6 Å². The zero-order chi connectivity index (χ0) is 25.9. The van der Waals surface area contributed by atoms with Crippen LogP contribution in [0, 0.1) is 4.77 Å². The van der Waals surface area contributed by atoms with Gasteiger partial charge in [0.2, 0.25) is 4.77 Å². The molecule has 0 bridgehead atoms. The van der Waals surface area contributed by atoms with Crippen LogP contribution in [-0.2, 0) is 6.42 Å². The third kappa shape index (κ3) is 4.65. The Balaban J connectivity index is 1.39. The van der Waals surface area contributed by atoms with Gasteiger partial charge in [-0.25, -0.2) is 4.68 Å². The predicted molar refractivity (Wildman–Crippen MR) is 153 cm³/mol. The fraction of sp³-hybridized carbons (Fsp3) is 0.0667. The molecule has 2 aromatic heterocycles. The first-order valence-electron chi connectivity index (χ1n) is 12.2. The molecular weight excluding hydrogens is 492 g/mol. The van der Waals surface area contributed by atoms with Crippen LogP contribution >= 0.6 is 12.2 Å². The molecule has 0 amide bonds. The summed E-state index contributed by atoms with van der Waals surface area (Å²) in [6, 6.07) is 32.4. The maximum absolute atomic E-state index is 5.53. The van der Waals surface area contributed by atoms with Crippen molar-refractivity contribution >= 4 is 29.2 Å². The number of ether oxygens (including phenoxy) is 1. The molecule has 0 aliphatic heterocycles. The van der Waals surface area contributed by atoms with Crippen molar-refractivity contribution in [3.63, 3.8) is 0 Å². The van der Waals surface area contributed by atoms with E-state index in [-0.39, 0.29) is 0 Å². The minimum Gasteiger partial charge on any atom is -0.497 e. The van der Waals surface area contributed by atoms with Gasteiger partial charge in [-0.3, -0.25) is 5.10 Å². The fourth-order valence-electron chi connectivity index (χ4n) is 4.46. The van der Waals surface area contributed by atoms with Crippen LogP contribution in [0.2, 0.25) is 0 Å². The Hall–Kier alpha value is -4.82. The molecule has 186 valence electrons. The lowest BCUT2D eigenvalue weighted by atomic mass is 10.0. The molecule has 0 saturated heterocycles. The van der Waals surface area contributed by atoms with Crippen LogP contribution in [0.4, 0.5) is 0 Å². The highest BCUT2D eigenvalue weighted by Crippen LogP contribution is 2.25. The molecule has 0 fully saturated rings. The summed E-state index contributed by atoms with van der Waals surface area (Å²) < 4.78 is 9.29. The number of methoxy groups -OCH3 is 1. The van der Waals surface area contributed by atoms with E-state index >= 15 is 0 Å². The Bertz CT molecular complexity index is 1790. The number of nitrogens with one attached hydrogen (secondary N) is 1. The summed E-state index contributed by atoms with van der Waals surface area (Å²) >= 11 is 5.53. The third-order valence-electron chi connectivity index (χ3n) is 6.38. The molecule has 0 spiro atoms. The standard InChI is InChI=1S/C30H24N6OS/c1-37-26-16-14-22(15-17-26)29-24(20-35(34-29)25-11-3-2-4-12-25)19-31-36-28(32-33-30(36)38)18-23-10-7-9-21-8-5-6-13-27(21)23/h2-17,19-20H,18H2,1H3,(H,33,38)/b31-19+. The Kier molecular flexibility index (Phi) is 6.37. The molecule has 0 radical (unpaired) electrons. The van der Waals surface area contributed by atoms with Crippen molar-refractivity contribution in [1.82, 2.24) is 24.7 Å². The van der Waals surface area contributed by atoms with Gasteiger partial charge >= 0.3 is 0 Å². The monoisotopic (exact) mass is 516 g/mol. The van der Waals surface area contributed by atoms with Gasteiger partial charge in [0.15, 0.2) is 5.82 Å². The normalized spacial score (nSPS) is 11.4. The van der Waals surface area contributed by atoms with Crippen molar-refractivity contribution in [1.29, 1.82) is 0 Å². The topological polar surface area (TPSA) is 73.0 Å². The van der Waals surface area contributed by atoms with Crippen LogP contribution < -0.4 is 4.74 Å². The molecule has 0 atom stereocenters. The summed E-state index contributed by atoms with van der Waals surface area (Å²) in [6.07, 6.45) is 4.33. The first-order chi connectivity index (χ1) is 18.7. The molecule has 6 rings (SSSR count). The number of hydrogen-bond donors (Lipinski definition) is 1. The molecule has 6 aromatic rings. The summed E-state index contributed by atoms with van der Waals surface area (Å²) in [5.74, 6) is 1.51. The maximum atomic E-state index is 5.53. The summed E-state index contributed by atoms with van der Waals surface area (Å²) in [4.78, 5) is 0. The minimum absolute atomic E-state index is 0.429. The predicted octanol–water partition coefficient (Wildman–Crippen LogP) is 6.43. The number of aromatic amines is 1. The quantitative estimate of drug-likeness (QED) is 0.196. The van der Waals surface area contributed by atoms with Gasteiger partial charge in [0, 0.05) is 23.7 Å². The number of fused-ring (bicyclic) bond motifs is 1. The van der Waals surface area contributed by atoms with E-state index in [1.165, 1.54) is 10.8 Å². The van der Waals surface area contributed by atoms with Gasteiger partial charge in [-0.15, -0.1) is 0 Å². The molecule has 8 heteroatoms. The molecule has 38 heavy (non-hydrogen) atoms. The molecule has 1 N–H and O–H groups in total. The lowest BCUT2D eigenvalue weighted by Gasteiger charge is -2.06. The first-order valence-corrected chi connectivity index (χ1v) is 12.6. The zero-order valence-electron chi connectivity index (χ0n) is 20.7. The lowest BCUT2D eigenvalue weighted by molar-refractivity contribution is 0.415. The Morgan fingerprint density at radius 3 is 2.50 bits per heavy atom. The molecule has 7 nitrogen and oxygen atoms in total. The van der Waals surface area contributed by atoms with Crippen molar-refractivity contribution in [2.45, 2.75) is 6.42 Å². The summed E-state index contributed by atoms with van der Waals surface area (Å²) in [5, 5.41) is 19.4. The van der Waals surface area contributed by atoms with Crippen molar-refractivity contribution in [2.24, 2.45) is 5.10 Å². The maximum Gasteiger partial charge on any atom is 0.216 e. The van der Waals surface area contributed by atoms with E-state index in [0.29, 0.717) is 11.2 Å². The molecule has 0 aliphatic carbocycles. The van der Waals surface area contributed by atoms with Gasteiger partial charge < -0.3 is 4.74 Å². The second-order valence-corrected chi connectivity index (χ2v) is 9.14. The molecule has 2 heterocycles. The van der Waals surface area contributed by atoms with Gasteiger partial charge in [0.05, 0.1) is 19.0 Å². The number of benzene rings is 4. The van der Waals surface area contributed by atoms with Crippen LogP contribution in [0.5, 0.6) is 5.75 Å². The van der Waals surface area contributed by atoms with Gasteiger partial charge in [-0.2, -0.15) is 20.0 Å². The molecule has 4 aromatic carbocycles. The van der Waals surface area contributed by atoms with E-state index in [4.69, 9.17) is 27.2 Å². The third-order valence-corrected chi connectivity index (χ3v) is 6.65. The number of H-pyrrole nitrogens is 1. The first kappa shape index (κ1) is 23.6. The molecule has 0 saturated carbocycles. The Morgan fingerprint density at radius 1 is 0.921 bits per heavy atom. The summed E-state index contributed by atoms with van der Waals surface area (Å²) in [5.41, 5.74) is 4.71. The van der Waals surface area contributed by atoms with Gasteiger partial charge in [-0.05, 0) is 65.0 Å². The molecular formula is C30H24N6OS. The van der Waals surface area contributed by atoms with Gasteiger partial charge in [-0.1, -0.05) is 60.7 Å². The van der Waals surface area contributed by atoms with Crippen LogP contribution in [-0.4, -0.2) is 38.0 Å². The number of hydrogen-bond acceptors (Lipinski definition) is 5. The van der Waals surface area contributed by atoms with E-state index in [2.05, 4.69) is 40.5 Å². The molecule has 0 unspecified atom stereocenters. The smallest absolute Gasteiger partial charge is 0.216 e. The van der Waals surface area contributed by atoms with Crippen LogP contribution in [0.3, 0.4) is 0 Å². The lowest BCUT2D eigenvalue weighted by Crippen LogP contribution is -2.01. The highest BCUT2D eigenvalue weighted by Gasteiger charge is 2.13. The van der Waals surface area contributed by atoms with Crippen molar-refractivity contribution in [2.75, 3.05) is 7.11 Å². The van der Waals surface area contributed by atoms with Crippen LogP contribution in [0.1, 0.15) is 17.0 Å². The second kappa shape index (κ2) is 10.3. The highest BCUT2D eigenvalue weighted by molar-refractivity contribution is 7.71. The fourth-order valence-corrected chi connectivity index (χ4v) is 4.66. The number of aromatic nitrogens is 5. The summed E-state index contributed by atoms with van der Waals surface area (Å²) in [6.45, 7) is 0. The van der Waals surface area contributed by atoms with Gasteiger partial charge in [0.25, 0.3) is 0 Å². The Morgan fingerprint density at radius 2 is 1.68 bits per heavy atom. The summed E-state index contributed by atoms with van der Waals surface area (Å²) in [7, 11) is 1.65. The Labute approximate surface area is 224 Å². The second-order valence-electron chi connectivity index (χ2n) is 8.76. The van der Waals surface area contributed by atoms with Crippen molar-refractivity contribution < 1.29 is 4.74 Å². The largest absolute Gasteiger partial charge is 0.497 e. The van der Waals surface area contributed by atoms with Gasteiger partial charge in [0.1, 0.15) is 11.4 Å². The van der Waals surface area contributed by atoms with E-state index in [0.717, 1.165) is 39.6 Å². The van der Waals surface area contributed by atoms with Crippen LogP contribution in [0.25, 0.3) is 27.7 Å². The average molecular weight is 517 g/mol. The van der Waals surface area contributed by atoms with E-state index in [9.17, 15) is 0 Å². The van der Waals surface area contributed by atoms with E-state index in [1.54, 1.807) is 18.0 Å². The van der Waals surface area contributed by atoms with Crippen molar-refractivity contribution in [3.05, 3.63) is 125 Å². The molecule has 0 aliphatic rings. The van der Waals surface area contributed by atoms with E-state index < -0.39 is 0 Å². The number of nitrogens with zero attached hydrogens (tertiary/aromatic N) is 5. The number of para-hydroxylation sites is 1. The minimum atomic E-state index is 0.429. The van der Waals surface area contributed by atoms with Crippen molar-refractivity contribution in [3.8, 4) is 22.7 Å². The average Bonchev–Trinajstić information content (AvgIpc) is 3.55. The SMILES string of the molecule is COc1ccc(-c2nn(-c3ccccc3)cc2/C=N/n2c(Cc3cccc4ccccc34)n[nH]c2=S)cc1. The highest BCUT2D eigenvalue weighted by atomic mass is 32.1. The zero-order valence-corrected chi connectivity index (χ0v) is 21.5.